The van der Waals surface area contributed by atoms with E-state index < -0.39 is 5.91 Å². The minimum atomic E-state index is -0.540. The van der Waals surface area contributed by atoms with Crippen molar-refractivity contribution in [2.45, 2.75) is 6.61 Å². The molecule has 0 fully saturated rings. The highest BCUT2D eigenvalue weighted by Gasteiger charge is 2.17. The highest BCUT2D eigenvalue weighted by Crippen LogP contribution is 2.28. The first-order valence-electron chi connectivity index (χ1n) is 7.97. The molecule has 2 aromatic carbocycles. The summed E-state index contributed by atoms with van der Waals surface area (Å²) in [5.74, 6) is -0.0369. The number of pyridine rings is 1. The Morgan fingerprint density at radius 3 is 2.69 bits per heavy atom. The van der Waals surface area contributed by atoms with E-state index in [1.165, 1.54) is 19.4 Å². The molecule has 26 heavy (non-hydrogen) atoms. The molecule has 0 aliphatic rings. The van der Waals surface area contributed by atoms with Gasteiger partial charge >= 0.3 is 0 Å². The zero-order valence-corrected chi connectivity index (χ0v) is 14.2. The number of hydrogen-bond donors (Lipinski definition) is 2. The van der Waals surface area contributed by atoms with E-state index in [2.05, 4.69) is 10.3 Å². The number of carbonyl (C=O) groups excluding carboxylic acids is 1. The number of ether oxygens (including phenoxy) is 2. The predicted octanol–water partition coefficient (Wildman–Crippen LogP) is 3.63. The van der Waals surface area contributed by atoms with Crippen molar-refractivity contribution in [3.63, 3.8) is 0 Å². The van der Waals surface area contributed by atoms with E-state index in [1.807, 2.05) is 30.3 Å². The lowest BCUT2D eigenvalue weighted by molar-refractivity contribution is 0.101. The standard InChI is InChI=1S/C20H18N2O4/c1-25-17-10-11-21-18(19(17)23)20(24)22-15-8-5-9-16(12-15)26-13-14-6-3-2-4-7-14/h2-12,23H,13H2,1H3,(H,22,24). The molecule has 0 radical (unpaired) electrons. The highest BCUT2D eigenvalue weighted by atomic mass is 16.5. The van der Waals surface area contributed by atoms with Crippen molar-refractivity contribution in [2.75, 3.05) is 12.4 Å². The summed E-state index contributed by atoms with van der Waals surface area (Å²) in [4.78, 5) is 16.3. The molecular weight excluding hydrogens is 332 g/mol. The molecule has 0 spiro atoms. The Labute approximate surface area is 151 Å². The second kappa shape index (κ2) is 8.02. The van der Waals surface area contributed by atoms with Crippen molar-refractivity contribution in [2.24, 2.45) is 0 Å². The van der Waals surface area contributed by atoms with Crippen molar-refractivity contribution < 1.29 is 19.4 Å². The average molecular weight is 350 g/mol. The summed E-state index contributed by atoms with van der Waals surface area (Å²) in [7, 11) is 1.41. The van der Waals surface area contributed by atoms with Crippen molar-refractivity contribution in [1.82, 2.24) is 4.98 Å². The molecule has 1 aromatic heterocycles. The van der Waals surface area contributed by atoms with Gasteiger partial charge in [-0.3, -0.25) is 4.79 Å². The molecule has 6 heteroatoms. The van der Waals surface area contributed by atoms with Crippen LogP contribution in [0.5, 0.6) is 17.2 Å². The number of aromatic hydroxyl groups is 1. The Kier molecular flexibility index (Phi) is 5.34. The van der Waals surface area contributed by atoms with E-state index in [9.17, 15) is 9.90 Å². The Morgan fingerprint density at radius 1 is 1.12 bits per heavy atom. The van der Waals surface area contributed by atoms with E-state index >= 15 is 0 Å². The molecule has 0 saturated heterocycles. The first-order valence-corrected chi connectivity index (χ1v) is 7.97. The first-order chi connectivity index (χ1) is 12.7. The van der Waals surface area contributed by atoms with Gasteiger partial charge in [0.1, 0.15) is 12.4 Å². The molecule has 0 aliphatic heterocycles. The van der Waals surface area contributed by atoms with Gasteiger partial charge < -0.3 is 19.9 Å². The van der Waals surface area contributed by atoms with Gasteiger partial charge in [-0.25, -0.2) is 4.98 Å². The van der Waals surface area contributed by atoms with Gasteiger partial charge in [-0.15, -0.1) is 0 Å². The number of methoxy groups -OCH3 is 1. The molecule has 3 aromatic rings. The van der Waals surface area contributed by atoms with Gasteiger partial charge in [-0.1, -0.05) is 36.4 Å². The van der Waals surface area contributed by atoms with E-state index in [0.29, 0.717) is 18.0 Å². The van der Waals surface area contributed by atoms with E-state index in [-0.39, 0.29) is 17.2 Å². The van der Waals surface area contributed by atoms with Gasteiger partial charge in [-0.05, 0) is 17.7 Å². The number of nitrogens with one attached hydrogen (secondary N) is 1. The summed E-state index contributed by atoms with van der Waals surface area (Å²) in [5, 5.41) is 12.7. The van der Waals surface area contributed by atoms with Gasteiger partial charge in [0.25, 0.3) is 5.91 Å². The molecule has 1 heterocycles. The molecule has 6 nitrogen and oxygen atoms in total. The van der Waals surface area contributed by atoms with Crippen molar-refractivity contribution >= 4 is 11.6 Å². The van der Waals surface area contributed by atoms with E-state index in [1.54, 1.807) is 24.3 Å². The minimum Gasteiger partial charge on any atom is -0.503 e. The third kappa shape index (κ3) is 4.10. The molecule has 2 N–H and O–H groups in total. The van der Waals surface area contributed by atoms with Crippen LogP contribution in [0, 0.1) is 0 Å². The number of carbonyl (C=O) groups is 1. The second-order valence-electron chi connectivity index (χ2n) is 5.47. The van der Waals surface area contributed by atoms with Crippen LogP contribution in [0.15, 0.2) is 66.9 Å². The number of hydrogen-bond acceptors (Lipinski definition) is 5. The van der Waals surface area contributed by atoms with Crippen molar-refractivity contribution in [3.05, 3.63) is 78.1 Å². The normalized spacial score (nSPS) is 10.2. The number of rotatable bonds is 6. The molecule has 0 saturated carbocycles. The Bertz CT molecular complexity index is 897. The lowest BCUT2D eigenvalue weighted by atomic mass is 10.2. The Morgan fingerprint density at radius 2 is 1.92 bits per heavy atom. The van der Waals surface area contributed by atoms with Gasteiger partial charge in [0.05, 0.1) is 7.11 Å². The number of nitrogens with zero attached hydrogens (tertiary/aromatic N) is 1. The first kappa shape index (κ1) is 17.3. The van der Waals surface area contributed by atoms with Gasteiger partial charge in [0.15, 0.2) is 17.2 Å². The third-order valence-electron chi connectivity index (χ3n) is 3.66. The summed E-state index contributed by atoms with van der Waals surface area (Å²) < 4.78 is 10.7. The highest BCUT2D eigenvalue weighted by molar-refractivity contribution is 6.05. The molecular formula is C20H18N2O4. The lowest BCUT2D eigenvalue weighted by Gasteiger charge is -2.10. The van der Waals surface area contributed by atoms with Crippen molar-refractivity contribution in [1.29, 1.82) is 0 Å². The fourth-order valence-electron chi connectivity index (χ4n) is 2.36. The second-order valence-corrected chi connectivity index (χ2v) is 5.47. The monoisotopic (exact) mass is 350 g/mol. The van der Waals surface area contributed by atoms with Gasteiger partial charge in [0.2, 0.25) is 0 Å². The van der Waals surface area contributed by atoms with Crippen LogP contribution in [0.4, 0.5) is 5.69 Å². The molecule has 3 rings (SSSR count). The lowest BCUT2D eigenvalue weighted by Crippen LogP contribution is -2.14. The number of benzene rings is 2. The van der Waals surface area contributed by atoms with Crippen LogP contribution in [-0.4, -0.2) is 23.1 Å². The van der Waals surface area contributed by atoms with Crippen LogP contribution in [0.25, 0.3) is 0 Å². The van der Waals surface area contributed by atoms with E-state index in [4.69, 9.17) is 9.47 Å². The summed E-state index contributed by atoms with van der Waals surface area (Å²) in [5.41, 5.74) is 1.47. The molecule has 132 valence electrons. The average Bonchev–Trinajstić information content (AvgIpc) is 2.67. The summed E-state index contributed by atoms with van der Waals surface area (Å²) >= 11 is 0. The minimum absolute atomic E-state index is 0.111. The number of anilines is 1. The SMILES string of the molecule is COc1ccnc(C(=O)Nc2cccc(OCc3ccccc3)c2)c1O. The zero-order chi connectivity index (χ0) is 18.4. The van der Waals surface area contributed by atoms with Crippen LogP contribution >= 0.6 is 0 Å². The fourth-order valence-corrected chi connectivity index (χ4v) is 2.36. The maximum atomic E-state index is 12.4. The third-order valence-corrected chi connectivity index (χ3v) is 3.66. The smallest absolute Gasteiger partial charge is 0.278 e. The summed E-state index contributed by atoms with van der Waals surface area (Å²) in [6.45, 7) is 0.427. The van der Waals surface area contributed by atoms with Crippen LogP contribution in [0.1, 0.15) is 16.1 Å². The Balaban J connectivity index is 1.69. The van der Waals surface area contributed by atoms with Gasteiger partial charge in [0, 0.05) is 24.0 Å². The van der Waals surface area contributed by atoms with E-state index in [0.717, 1.165) is 5.56 Å². The fraction of sp³-hybridized carbons (Fsp3) is 0.100. The largest absolute Gasteiger partial charge is 0.503 e. The number of amides is 1. The quantitative estimate of drug-likeness (QED) is 0.710. The zero-order valence-electron chi connectivity index (χ0n) is 14.2. The predicted molar refractivity (Wildman–Crippen MR) is 97.6 cm³/mol. The molecule has 1 amide bonds. The van der Waals surface area contributed by atoms with Crippen LogP contribution in [0.2, 0.25) is 0 Å². The summed E-state index contributed by atoms with van der Waals surface area (Å²) in [6, 6.07) is 18.3. The van der Waals surface area contributed by atoms with Crippen LogP contribution in [-0.2, 0) is 6.61 Å². The van der Waals surface area contributed by atoms with Crippen LogP contribution < -0.4 is 14.8 Å². The van der Waals surface area contributed by atoms with Gasteiger partial charge in [-0.2, -0.15) is 0 Å². The maximum Gasteiger partial charge on any atom is 0.278 e. The summed E-state index contributed by atoms with van der Waals surface area (Å²) in [6.07, 6.45) is 1.40. The molecule has 0 atom stereocenters. The molecule has 0 bridgehead atoms. The number of aromatic nitrogens is 1. The maximum absolute atomic E-state index is 12.4. The van der Waals surface area contributed by atoms with Crippen molar-refractivity contribution in [3.8, 4) is 17.2 Å². The Hall–Kier alpha value is -3.54. The topological polar surface area (TPSA) is 80.7 Å². The molecule has 0 unspecified atom stereocenters. The molecule has 0 aliphatic carbocycles. The van der Waals surface area contributed by atoms with Crippen LogP contribution in [0.3, 0.4) is 0 Å².